The van der Waals surface area contributed by atoms with Crippen LogP contribution in [0.25, 0.3) is 5.69 Å². The van der Waals surface area contributed by atoms with E-state index in [0.29, 0.717) is 43.4 Å². The first kappa shape index (κ1) is 25.7. The lowest BCUT2D eigenvalue weighted by atomic mass is 9.98. The molecule has 200 valence electrons. The normalized spacial score (nSPS) is 16.1. The highest BCUT2D eigenvalue weighted by Crippen LogP contribution is 2.34. The third-order valence-electron chi connectivity index (χ3n) is 6.38. The average Bonchev–Trinajstić information content (AvgIpc) is 3.31. The van der Waals surface area contributed by atoms with Crippen LogP contribution < -0.4 is 14.8 Å². The molecule has 1 aromatic heterocycles. The summed E-state index contributed by atoms with van der Waals surface area (Å²) in [4.78, 5) is 25.2. The van der Waals surface area contributed by atoms with E-state index in [9.17, 15) is 18.0 Å². The molecule has 3 aromatic rings. The number of anilines is 1. The summed E-state index contributed by atoms with van der Waals surface area (Å²) in [5, 5.41) is 7.13. The number of benzene rings is 2. The number of nitrogens with zero attached hydrogens (tertiary/aromatic N) is 3. The topological polar surface area (TPSA) is 129 Å². The van der Waals surface area contributed by atoms with E-state index in [1.807, 2.05) is 37.3 Å². The summed E-state index contributed by atoms with van der Waals surface area (Å²) in [6.45, 7) is 2.47. The Morgan fingerprint density at radius 3 is 2.47 bits per heavy atom. The second-order valence-corrected chi connectivity index (χ2v) is 11.0. The number of aryl methyl sites for hydroxylation is 1. The fraction of sp³-hybridized carbons (Fsp3) is 0.346. The second kappa shape index (κ2) is 10.8. The van der Waals surface area contributed by atoms with Gasteiger partial charge in [0.1, 0.15) is 19.0 Å². The molecule has 2 aliphatic rings. The first-order valence-corrected chi connectivity index (χ1v) is 13.7. The number of carbonyl (C=O) groups excluding carboxylic acids is 2. The fourth-order valence-electron chi connectivity index (χ4n) is 4.45. The quantitative estimate of drug-likeness (QED) is 0.453. The summed E-state index contributed by atoms with van der Waals surface area (Å²) in [5.41, 5.74) is 1.50. The molecule has 0 radical (unpaired) electrons. The van der Waals surface area contributed by atoms with Crippen LogP contribution >= 0.6 is 0 Å². The Labute approximate surface area is 220 Å². The maximum absolute atomic E-state index is 13.1. The van der Waals surface area contributed by atoms with Gasteiger partial charge in [0.05, 0.1) is 22.2 Å². The monoisotopic (exact) mass is 540 g/mol. The zero-order chi connectivity index (χ0) is 26.7. The van der Waals surface area contributed by atoms with Crippen molar-refractivity contribution in [3.05, 3.63) is 60.3 Å². The zero-order valence-corrected chi connectivity index (χ0v) is 21.6. The van der Waals surface area contributed by atoms with E-state index in [-0.39, 0.29) is 18.0 Å². The smallest absolute Gasteiger partial charge is 0.309 e. The lowest BCUT2D eigenvalue weighted by molar-refractivity contribution is -0.152. The van der Waals surface area contributed by atoms with E-state index in [1.165, 1.54) is 16.4 Å². The maximum Gasteiger partial charge on any atom is 0.309 e. The van der Waals surface area contributed by atoms with Gasteiger partial charge in [-0.3, -0.25) is 9.59 Å². The van der Waals surface area contributed by atoms with Gasteiger partial charge >= 0.3 is 5.97 Å². The summed E-state index contributed by atoms with van der Waals surface area (Å²) in [6, 6.07) is 15.6. The van der Waals surface area contributed by atoms with Gasteiger partial charge in [0.2, 0.25) is 10.0 Å². The van der Waals surface area contributed by atoms with Crippen LogP contribution in [-0.2, 0) is 24.3 Å². The lowest BCUT2D eigenvalue weighted by Gasteiger charge is -2.30. The van der Waals surface area contributed by atoms with E-state index in [4.69, 9.17) is 14.2 Å². The van der Waals surface area contributed by atoms with Gasteiger partial charge in [-0.15, -0.1) is 0 Å². The zero-order valence-electron chi connectivity index (χ0n) is 20.8. The van der Waals surface area contributed by atoms with Crippen LogP contribution in [0.2, 0.25) is 0 Å². The van der Waals surface area contributed by atoms with Crippen molar-refractivity contribution in [1.82, 2.24) is 14.1 Å². The molecule has 1 fully saturated rings. The average molecular weight is 541 g/mol. The molecule has 1 saturated heterocycles. The molecule has 0 unspecified atom stereocenters. The van der Waals surface area contributed by atoms with Crippen molar-refractivity contribution >= 4 is 27.7 Å². The molecule has 1 N–H and O–H groups in total. The number of rotatable bonds is 7. The Hall–Kier alpha value is -3.90. The third-order valence-corrected chi connectivity index (χ3v) is 8.28. The van der Waals surface area contributed by atoms with E-state index < -0.39 is 34.4 Å². The van der Waals surface area contributed by atoms with E-state index >= 15 is 0 Å². The van der Waals surface area contributed by atoms with Crippen molar-refractivity contribution in [2.45, 2.75) is 24.7 Å². The van der Waals surface area contributed by atoms with Crippen molar-refractivity contribution in [2.75, 3.05) is 38.2 Å². The second-order valence-electron chi connectivity index (χ2n) is 9.06. The Morgan fingerprint density at radius 2 is 1.74 bits per heavy atom. The Bertz CT molecular complexity index is 1430. The number of hydrogen-bond acceptors (Lipinski definition) is 8. The van der Waals surface area contributed by atoms with Crippen molar-refractivity contribution in [3.8, 4) is 17.2 Å². The van der Waals surface area contributed by atoms with Gasteiger partial charge < -0.3 is 19.5 Å². The number of amides is 1. The molecule has 3 heterocycles. The van der Waals surface area contributed by atoms with Crippen LogP contribution in [0.4, 0.5) is 5.82 Å². The minimum absolute atomic E-state index is 0.115. The van der Waals surface area contributed by atoms with Gasteiger partial charge in [-0.2, -0.15) is 9.40 Å². The summed E-state index contributed by atoms with van der Waals surface area (Å²) in [5.74, 6) is -0.131. The molecule has 38 heavy (non-hydrogen) atoms. The molecular formula is C26H28N4O7S. The summed E-state index contributed by atoms with van der Waals surface area (Å²) < 4.78 is 45.4. The van der Waals surface area contributed by atoms with Crippen molar-refractivity contribution in [1.29, 1.82) is 0 Å². The number of esters is 1. The van der Waals surface area contributed by atoms with Crippen molar-refractivity contribution in [2.24, 2.45) is 5.92 Å². The molecule has 1 amide bonds. The molecule has 5 rings (SSSR count). The highest BCUT2D eigenvalue weighted by Gasteiger charge is 2.33. The summed E-state index contributed by atoms with van der Waals surface area (Å²) >= 11 is 0. The molecule has 2 aliphatic heterocycles. The highest BCUT2D eigenvalue weighted by molar-refractivity contribution is 7.89. The highest BCUT2D eigenvalue weighted by atomic mass is 32.2. The maximum atomic E-state index is 13.1. The first-order valence-electron chi connectivity index (χ1n) is 12.3. The van der Waals surface area contributed by atoms with Gasteiger partial charge in [0, 0.05) is 25.2 Å². The lowest BCUT2D eigenvalue weighted by Crippen LogP contribution is -2.41. The molecule has 2 aromatic carbocycles. The molecule has 11 nitrogen and oxygen atoms in total. The Kier molecular flexibility index (Phi) is 7.34. The minimum Gasteiger partial charge on any atom is -0.486 e. The number of ether oxygens (including phenoxy) is 3. The molecule has 0 bridgehead atoms. The summed E-state index contributed by atoms with van der Waals surface area (Å²) in [7, 11) is -3.76. The number of hydrogen-bond donors (Lipinski definition) is 1. The molecule has 12 heteroatoms. The van der Waals surface area contributed by atoms with Gasteiger partial charge in [0.15, 0.2) is 18.1 Å². The van der Waals surface area contributed by atoms with Gasteiger partial charge in [-0.05, 0) is 44.0 Å². The number of nitrogens with one attached hydrogen (secondary N) is 1. The van der Waals surface area contributed by atoms with Crippen LogP contribution in [-0.4, -0.2) is 67.3 Å². The van der Waals surface area contributed by atoms with Gasteiger partial charge in [-0.1, -0.05) is 18.2 Å². The molecule has 0 atom stereocenters. The van der Waals surface area contributed by atoms with Crippen molar-refractivity contribution in [3.63, 3.8) is 0 Å². The number of fused-ring (bicyclic) bond motifs is 1. The predicted octanol–water partition coefficient (Wildman–Crippen LogP) is 2.53. The van der Waals surface area contributed by atoms with Gasteiger partial charge in [0.25, 0.3) is 5.91 Å². The largest absolute Gasteiger partial charge is 0.486 e. The first-order chi connectivity index (χ1) is 18.3. The van der Waals surface area contributed by atoms with E-state index in [2.05, 4.69) is 10.4 Å². The van der Waals surface area contributed by atoms with Crippen LogP contribution in [0.15, 0.2) is 59.5 Å². The SMILES string of the molecule is Cc1cc(NC(=O)COC(=O)C2CCN(S(=O)(=O)c3ccc4c(c3)OCCO4)CC2)n(-c2ccccc2)n1. The third kappa shape index (κ3) is 5.50. The molecule has 0 saturated carbocycles. The minimum atomic E-state index is -3.76. The Morgan fingerprint density at radius 1 is 1.03 bits per heavy atom. The van der Waals surface area contributed by atoms with Crippen LogP contribution in [0.3, 0.4) is 0 Å². The number of piperidine rings is 1. The standard InChI is InChI=1S/C26H28N4O7S/c1-18-15-24(30(28-18)20-5-3-2-4-6-20)27-25(31)17-37-26(32)19-9-11-29(12-10-19)38(33,34)21-7-8-22-23(16-21)36-14-13-35-22/h2-8,15-16,19H,9-14,17H2,1H3,(H,27,31). The molecular weight excluding hydrogens is 512 g/mol. The molecule has 0 aliphatic carbocycles. The molecule has 0 spiro atoms. The van der Waals surface area contributed by atoms with Crippen LogP contribution in [0.1, 0.15) is 18.5 Å². The van der Waals surface area contributed by atoms with Gasteiger partial charge in [-0.25, -0.2) is 13.1 Å². The number of para-hydroxylation sites is 1. The number of carbonyl (C=O) groups is 2. The number of sulfonamides is 1. The van der Waals surface area contributed by atoms with Crippen LogP contribution in [0.5, 0.6) is 11.5 Å². The Balaban J connectivity index is 1.13. The predicted molar refractivity (Wildman–Crippen MR) is 137 cm³/mol. The summed E-state index contributed by atoms with van der Waals surface area (Å²) in [6.07, 6.45) is 0.592. The van der Waals surface area contributed by atoms with E-state index in [0.717, 1.165) is 11.4 Å². The van der Waals surface area contributed by atoms with Crippen LogP contribution in [0, 0.1) is 12.8 Å². The fourth-order valence-corrected chi connectivity index (χ4v) is 5.94. The number of aromatic nitrogens is 2. The van der Waals surface area contributed by atoms with E-state index in [1.54, 1.807) is 16.8 Å². The van der Waals surface area contributed by atoms with Crippen molar-refractivity contribution < 1.29 is 32.2 Å².